The molecule has 1 heterocycles. The largest absolute Gasteiger partial charge is 0.408 e. The summed E-state index contributed by atoms with van der Waals surface area (Å²) in [4.78, 5) is 11.8. The maximum Gasteiger partial charge on any atom is 0.408 e. The van der Waals surface area contributed by atoms with Crippen molar-refractivity contribution in [3.05, 3.63) is 53.9 Å². The first-order valence-electron chi connectivity index (χ1n) is 6.28. The molecule has 7 heteroatoms. The fourth-order valence-electron chi connectivity index (χ4n) is 1.81. The first-order chi connectivity index (χ1) is 9.96. The van der Waals surface area contributed by atoms with Crippen LogP contribution in [0.5, 0.6) is 0 Å². The highest BCUT2D eigenvalue weighted by Gasteiger charge is 2.30. The predicted molar refractivity (Wildman–Crippen MR) is 69.6 cm³/mol. The molecule has 4 nitrogen and oxygen atoms in total. The van der Waals surface area contributed by atoms with Gasteiger partial charge in [-0.05, 0) is 12.0 Å². The number of halogens is 3. The summed E-state index contributed by atoms with van der Waals surface area (Å²) in [5.41, 5.74) is 0.811. The molecule has 1 aromatic heterocycles. The van der Waals surface area contributed by atoms with Crippen molar-refractivity contribution in [2.45, 2.75) is 19.1 Å². The molecule has 0 atom stereocenters. The molecular formula is C14H13F3N3O. The Bertz CT molecular complexity index is 593. The molecule has 1 N–H and O–H groups in total. The van der Waals surface area contributed by atoms with Gasteiger partial charge in [-0.3, -0.25) is 9.48 Å². The van der Waals surface area contributed by atoms with Crippen molar-refractivity contribution >= 4 is 5.91 Å². The second-order valence-electron chi connectivity index (χ2n) is 4.40. The van der Waals surface area contributed by atoms with Gasteiger partial charge in [0.1, 0.15) is 12.2 Å². The maximum absolute atomic E-state index is 12.3. The zero-order chi connectivity index (χ0) is 15.3. The quantitative estimate of drug-likeness (QED) is 0.919. The van der Waals surface area contributed by atoms with Crippen molar-refractivity contribution < 1.29 is 18.0 Å². The van der Waals surface area contributed by atoms with Gasteiger partial charge in [0.15, 0.2) is 0 Å². The van der Waals surface area contributed by atoms with E-state index in [1.807, 2.05) is 30.3 Å². The molecule has 2 rings (SSSR count). The number of carbonyl (C=O) groups excluding carboxylic acids is 1. The lowest BCUT2D eigenvalue weighted by Gasteiger charge is -2.10. The van der Waals surface area contributed by atoms with E-state index in [0.29, 0.717) is 17.6 Å². The molecule has 0 fully saturated rings. The van der Waals surface area contributed by atoms with E-state index >= 15 is 0 Å². The molecule has 0 aliphatic heterocycles. The zero-order valence-corrected chi connectivity index (χ0v) is 11.0. The van der Waals surface area contributed by atoms with Gasteiger partial charge in [-0.15, -0.1) is 0 Å². The van der Waals surface area contributed by atoms with Crippen LogP contribution in [0.25, 0.3) is 0 Å². The summed E-state index contributed by atoms with van der Waals surface area (Å²) in [5, 5.41) is 6.03. The molecule has 1 amide bonds. The molecule has 0 spiro atoms. The van der Waals surface area contributed by atoms with Crippen LogP contribution in [0.15, 0.2) is 36.5 Å². The lowest BCUT2D eigenvalue weighted by Crippen LogP contribution is -2.30. The highest BCUT2D eigenvalue weighted by molar-refractivity contribution is 5.92. The average molecular weight is 296 g/mol. The number of hydrogen-bond donors (Lipinski definition) is 1. The molecule has 0 unspecified atom stereocenters. The van der Waals surface area contributed by atoms with E-state index in [1.54, 1.807) is 0 Å². The van der Waals surface area contributed by atoms with Crippen molar-refractivity contribution in [1.82, 2.24) is 15.1 Å². The van der Waals surface area contributed by atoms with Gasteiger partial charge < -0.3 is 5.32 Å². The minimum Gasteiger partial charge on any atom is -0.350 e. The highest BCUT2D eigenvalue weighted by atomic mass is 19.4. The first kappa shape index (κ1) is 15.1. The van der Waals surface area contributed by atoms with E-state index in [4.69, 9.17) is 0 Å². The fraction of sp³-hybridized carbons (Fsp3) is 0.286. The molecule has 1 aromatic carbocycles. The van der Waals surface area contributed by atoms with Crippen LogP contribution in [0.2, 0.25) is 0 Å². The molecule has 0 aliphatic rings. The van der Waals surface area contributed by atoms with Crippen LogP contribution in [0.1, 0.15) is 16.1 Å². The van der Waals surface area contributed by atoms with E-state index in [1.165, 1.54) is 0 Å². The molecule has 0 aliphatic carbocycles. The number of benzene rings is 1. The second kappa shape index (κ2) is 6.43. The van der Waals surface area contributed by atoms with Gasteiger partial charge in [-0.2, -0.15) is 18.3 Å². The molecule has 21 heavy (non-hydrogen) atoms. The molecular weight excluding hydrogens is 283 g/mol. The second-order valence-corrected chi connectivity index (χ2v) is 4.40. The zero-order valence-electron chi connectivity index (χ0n) is 11.0. The number of amides is 1. The Morgan fingerprint density at radius 3 is 2.67 bits per heavy atom. The van der Waals surface area contributed by atoms with Crippen molar-refractivity contribution in [1.29, 1.82) is 0 Å². The number of hydrogen-bond acceptors (Lipinski definition) is 2. The molecule has 1 radical (unpaired) electrons. The lowest BCUT2D eigenvalue weighted by atomic mass is 10.1. The van der Waals surface area contributed by atoms with E-state index in [9.17, 15) is 18.0 Å². The van der Waals surface area contributed by atoms with Crippen LogP contribution in [0.3, 0.4) is 0 Å². The first-order valence-corrected chi connectivity index (χ1v) is 6.28. The Kier molecular flexibility index (Phi) is 4.62. The number of nitrogens with one attached hydrogen (secondary N) is 1. The third kappa shape index (κ3) is 4.62. The minimum absolute atomic E-state index is 0.222. The average Bonchev–Trinajstić information content (AvgIpc) is 2.86. The van der Waals surface area contributed by atoms with E-state index in [0.717, 1.165) is 11.8 Å². The Balaban J connectivity index is 1.91. The SMILES string of the molecule is O=C(NCCc1ccccc1)c1[c]cnn1CC(F)(F)F. The molecule has 0 saturated carbocycles. The Morgan fingerprint density at radius 1 is 1.29 bits per heavy atom. The van der Waals surface area contributed by atoms with Crippen LogP contribution in [-0.2, 0) is 13.0 Å². The number of carbonyl (C=O) groups is 1. The van der Waals surface area contributed by atoms with Crippen LogP contribution in [0, 0.1) is 6.07 Å². The summed E-state index contributed by atoms with van der Waals surface area (Å²) in [5.74, 6) is -0.618. The summed E-state index contributed by atoms with van der Waals surface area (Å²) >= 11 is 0. The van der Waals surface area contributed by atoms with Gasteiger partial charge in [0, 0.05) is 12.6 Å². The summed E-state index contributed by atoms with van der Waals surface area (Å²) in [6.45, 7) is -0.980. The smallest absolute Gasteiger partial charge is 0.350 e. The normalized spacial score (nSPS) is 11.4. The van der Waals surface area contributed by atoms with Crippen LogP contribution < -0.4 is 5.32 Å². The summed E-state index contributed by atoms with van der Waals surface area (Å²) in [6.07, 6.45) is -2.78. The maximum atomic E-state index is 12.3. The Hall–Kier alpha value is -2.31. The Labute approximate surface area is 119 Å². The van der Waals surface area contributed by atoms with E-state index < -0.39 is 18.6 Å². The van der Waals surface area contributed by atoms with Crippen molar-refractivity contribution in [3.63, 3.8) is 0 Å². The van der Waals surface area contributed by atoms with E-state index in [2.05, 4.69) is 16.5 Å². The standard InChI is InChI=1S/C14H13F3N3O/c15-14(16,17)10-20-12(7-9-19-20)13(21)18-8-6-11-4-2-1-3-5-11/h1-5,9H,6,8,10H2,(H,18,21). The summed E-state index contributed by atoms with van der Waals surface area (Å²) in [7, 11) is 0. The van der Waals surface area contributed by atoms with Gasteiger partial charge in [-0.25, -0.2) is 0 Å². The van der Waals surface area contributed by atoms with Crippen molar-refractivity contribution in [3.8, 4) is 0 Å². The lowest BCUT2D eigenvalue weighted by molar-refractivity contribution is -0.142. The topological polar surface area (TPSA) is 46.9 Å². The van der Waals surface area contributed by atoms with Crippen molar-refractivity contribution in [2.75, 3.05) is 6.54 Å². The third-order valence-electron chi connectivity index (χ3n) is 2.74. The van der Waals surface area contributed by atoms with Gasteiger partial charge in [0.2, 0.25) is 0 Å². The third-order valence-corrected chi connectivity index (χ3v) is 2.74. The van der Waals surface area contributed by atoms with Crippen LogP contribution >= 0.6 is 0 Å². The van der Waals surface area contributed by atoms with Gasteiger partial charge >= 0.3 is 6.18 Å². The van der Waals surface area contributed by atoms with Gasteiger partial charge in [-0.1, -0.05) is 30.3 Å². The van der Waals surface area contributed by atoms with Gasteiger partial charge in [0.25, 0.3) is 5.91 Å². The summed E-state index contributed by atoms with van der Waals surface area (Å²) < 4.78 is 37.6. The number of alkyl halides is 3. The molecule has 111 valence electrons. The number of aromatic nitrogens is 2. The molecule has 0 saturated heterocycles. The Morgan fingerprint density at radius 2 is 2.00 bits per heavy atom. The molecule has 2 aromatic rings. The highest BCUT2D eigenvalue weighted by Crippen LogP contribution is 2.17. The number of rotatable bonds is 5. The summed E-state index contributed by atoms with van der Waals surface area (Å²) in [6, 6.07) is 11.9. The monoisotopic (exact) mass is 296 g/mol. The molecule has 0 bridgehead atoms. The number of nitrogens with zero attached hydrogens (tertiary/aromatic N) is 2. The fourth-order valence-corrected chi connectivity index (χ4v) is 1.81. The van der Waals surface area contributed by atoms with Gasteiger partial charge in [0.05, 0.1) is 6.20 Å². The van der Waals surface area contributed by atoms with E-state index in [-0.39, 0.29) is 5.69 Å². The van der Waals surface area contributed by atoms with Crippen molar-refractivity contribution in [2.24, 2.45) is 0 Å². The van der Waals surface area contributed by atoms with Crippen LogP contribution in [0.4, 0.5) is 13.2 Å². The minimum atomic E-state index is -4.43. The predicted octanol–water partition coefficient (Wildman–Crippen LogP) is 2.22. The van der Waals surface area contributed by atoms with Crippen LogP contribution in [-0.4, -0.2) is 28.4 Å².